The van der Waals surface area contributed by atoms with Crippen LogP contribution in [0.1, 0.15) is 71.6 Å². The van der Waals surface area contributed by atoms with E-state index in [1.165, 1.54) is 44.9 Å². The van der Waals surface area contributed by atoms with Gasteiger partial charge in [-0.25, -0.2) is 0 Å². The second kappa shape index (κ2) is 7.44. The Balaban J connectivity index is 1.86. The van der Waals surface area contributed by atoms with Crippen LogP contribution in [0.15, 0.2) is 0 Å². The number of amides is 1. The van der Waals surface area contributed by atoms with Crippen LogP contribution in [0.4, 0.5) is 0 Å². The summed E-state index contributed by atoms with van der Waals surface area (Å²) in [6, 6.07) is 0.725. The predicted octanol–water partition coefficient (Wildman–Crippen LogP) is 3.23. The number of carbonyl (C=O) groups excluding carboxylic acids is 1. The molecule has 3 heteroatoms. The van der Waals surface area contributed by atoms with Crippen LogP contribution < -0.4 is 11.1 Å². The third kappa shape index (κ3) is 3.97. The van der Waals surface area contributed by atoms with Crippen LogP contribution in [-0.2, 0) is 4.79 Å². The zero-order valence-corrected chi connectivity index (χ0v) is 13.2. The Labute approximate surface area is 124 Å². The van der Waals surface area contributed by atoms with Crippen molar-refractivity contribution in [3.8, 4) is 0 Å². The minimum absolute atomic E-state index is 0.126. The van der Waals surface area contributed by atoms with Gasteiger partial charge in [-0.2, -0.15) is 0 Å². The number of nitrogens with one attached hydrogen (secondary N) is 1. The van der Waals surface area contributed by atoms with E-state index in [-0.39, 0.29) is 11.8 Å². The number of nitrogens with two attached hydrogens (primary N) is 1. The Bertz CT molecular complexity index is 318. The van der Waals surface area contributed by atoms with Gasteiger partial charge in [0.15, 0.2) is 0 Å². The smallest absolute Gasteiger partial charge is 0.223 e. The summed E-state index contributed by atoms with van der Waals surface area (Å²) in [5, 5.41) is 3.35. The van der Waals surface area contributed by atoms with Gasteiger partial charge >= 0.3 is 0 Å². The lowest BCUT2D eigenvalue weighted by atomic mass is 9.77. The van der Waals surface area contributed by atoms with Gasteiger partial charge in [0.1, 0.15) is 0 Å². The lowest BCUT2D eigenvalue weighted by Crippen LogP contribution is -2.46. The topological polar surface area (TPSA) is 55.1 Å². The average molecular weight is 280 g/mol. The molecule has 0 bridgehead atoms. The van der Waals surface area contributed by atoms with E-state index in [9.17, 15) is 4.79 Å². The SMILES string of the molecule is CCC1CCCCC1NC(=O)C(C)C1CCCC(N)C1. The van der Waals surface area contributed by atoms with Crippen molar-refractivity contribution in [3.05, 3.63) is 0 Å². The first kappa shape index (κ1) is 15.8. The summed E-state index contributed by atoms with van der Waals surface area (Å²) in [5.41, 5.74) is 6.06. The molecule has 2 saturated carbocycles. The van der Waals surface area contributed by atoms with Crippen LogP contribution in [-0.4, -0.2) is 18.0 Å². The molecule has 20 heavy (non-hydrogen) atoms. The van der Waals surface area contributed by atoms with Gasteiger partial charge in [-0.3, -0.25) is 4.79 Å². The summed E-state index contributed by atoms with van der Waals surface area (Å²) in [6.45, 7) is 4.35. The van der Waals surface area contributed by atoms with Crippen molar-refractivity contribution in [2.24, 2.45) is 23.5 Å². The second-order valence-electron chi connectivity index (χ2n) is 7.04. The van der Waals surface area contributed by atoms with Crippen LogP contribution in [0.5, 0.6) is 0 Å². The summed E-state index contributed by atoms with van der Waals surface area (Å²) in [5.74, 6) is 1.58. The van der Waals surface area contributed by atoms with Crippen LogP contribution in [0.3, 0.4) is 0 Å². The molecule has 0 saturated heterocycles. The molecule has 0 aromatic carbocycles. The lowest BCUT2D eigenvalue weighted by molar-refractivity contribution is -0.127. The van der Waals surface area contributed by atoms with Gasteiger partial charge in [0, 0.05) is 18.0 Å². The van der Waals surface area contributed by atoms with Crippen LogP contribution in [0.25, 0.3) is 0 Å². The van der Waals surface area contributed by atoms with Crippen LogP contribution in [0, 0.1) is 17.8 Å². The second-order valence-corrected chi connectivity index (χ2v) is 7.04. The summed E-state index contributed by atoms with van der Waals surface area (Å²) < 4.78 is 0. The maximum absolute atomic E-state index is 12.5. The number of hydrogen-bond acceptors (Lipinski definition) is 2. The number of rotatable bonds is 4. The molecular formula is C17H32N2O. The van der Waals surface area contributed by atoms with Crippen LogP contribution >= 0.6 is 0 Å². The Morgan fingerprint density at radius 2 is 1.95 bits per heavy atom. The first-order chi connectivity index (χ1) is 9.61. The molecule has 0 radical (unpaired) electrons. The fourth-order valence-corrected chi connectivity index (χ4v) is 4.14. The highest BCUT2D eigenvalue weighted by Crippen LogP contribution is 2.31. The quantitative estimate of drug-likeness (QED) is 0.830. The first-order valence-electron chi connectivity index (χ1n) is 8.67. The van der Waals surface area contributed by atoms with E-state index in [2.05, 4.69) is 19.2 Å². The molecule has 2 aliphatic rings. The fourth-order valence-electron chi connectivity index (χ4n) is 4.14. The molecule has 0 aromatic rings. The molecule has 5 unspecified atom stereocenters. The molecular weight excluding hydrogens is 248 g/mol. The summed E-state index contributed by atoms with van der Waals surface area (Å²) >= 11 is 0. The van der Waals surface area contributed by atoms with Gasteiger partial charge in [-0.1, -0.05) is 39.5 Å². The summed E-state index contributed by atoms with van der Waals surface area (Å²) in [6.07, 6.45) is 10.7. The normalized spacial score (nSPS) is 36.4. The van der Waals surface area contributed by atoms with E-state index in [4.69, 9.17) is 5.73 Å². The molecule has 116 valence electrons. The third-order valence-electron chi connectivity index (χ3n) is 5.64. The Morgan fingerprint density at radius 1 is 1.20 bits per heavy atom. The molecule has 0 heterocycles. The van der Waals surface area contributed by atoms with E-state index >= 15 is 0 Å². The van der Waals surface area contributed by atoms with Crippen LogP contribution in [0.2, 0.25) is 0 Å². The van der Waals surface area contributed by atoms with Gasteiger partial charge < -0.3 is 11.1 Å². The van der Waals surface area contributed by atoms with Crippen molar-refractivity contribution in [3.63, 3.8) is 0 Å². The van der Waals surface area contributed by atoms with Gasteiger partial charge in [-0.05, 0) is 43.9 Å². The van der Waals surface area contributed by atoms with E-state index < -0.39 is 0 Å². The van der Waals surface area contributed by atoms with E-state index in [0.29, 0.717) is 23.9 Å². The lowest BCUT2D eigenvalue weighted by Gasteiger charge is -2.35. The first-order valence-corrected chi connectivity index (χ1v) is 8.67. The van der Waals surface area contributed by atoms with Crippen molar-refractivity contribution in [1.29, 1.82) is 0 Å². The Kier molecular flexibility index (Phi) is 5.88. The highest BCUT2D eigenvalue weighted by atomic mass is 16.1. The summed E-state index contributed by atoms with van der Waals surface area (Å²) in [4.78, 5) is 12.5. The predicted molar refractivity (Wildman–Crippen MR) is 83.3 cm³/mol. The minimum atomic E-state index is 0.126. The van der Waals surface area contributed by atoms with Crippen molar-refractivity contribution in [2.75, 3.05) is 0 Å². The zero-order valence-electron chi connectivity index (χ0n) is 13.2. The van der Waals surface area contributed by atoms with Gasteiger partial charge in [-0.15, -0.1) is 0 Å². The molecule has 2 fully saturated rings. The number of hydrogen-bond donors (Lipinski definition) is 2. The molecule has 1 amide bonds. The maximum Gasteiger partial charge on any atom is 0.223 e. The number of carbonyl (C=O) groups is 1. The highest BCUT2D eigenvalue weighted by Gasteiger charge is 2.31. The van der Waals surface area contributed by atoms with Crippen molar-refractivity contribution in [2.45, 2.75) is 83.7 Å². The molecule has 5 atom stereocenters. The molecule has 0 aliphatic heterocycles. The molecule has 0 aromatic heterocycles. The standard InChI is InChI=1S/C17H32N2O/c1-3-13-7-4-5-10-16(13)19-17(20)12(2)14-8-6-9-15(18)11-14/h12-16H,3-11,18H2,1-2H3,(H,19,20). The average Bonchev–Trinajstić information content (AvgIpc) is 2.47. The van der Waals surface area contributed by atoms with Crippen molar-refractivity contribution in [1.82, 2.24) is 5.32 Å². The van der Waals surface area contributed by atoms with E-state index in [1.54, 1.807) is 0 Å². The minimum Gasteiger partial charge on any atom is -0.353 e. The molecule has 3 nitrogen and oxygen atoms in total. The molecule has 0 spiro atoms. The van der Waals surface area contributed by atoms with E-state index in [1.807, 2.05) is 0 Å². The van der Waals surface area contributed by atoms with Crippen molar-refractivity contribution >= 4 is 5.91 Å². The monoisotopic (exact) mass is 280 g/mol. The Morgan fingerprint density at radius 3 is 2.65 bits per heavy atom. The van der Waals surface area contributed by atoms with Gasteiger partial charge in [0.05, 0.1) is 0 Å². The zero-order chi connectivity index (χ0) is 14.5. The van der Waals surface area contributed by atoms with E-state index in [0.717, 1.165) is 12.8 Å². The van der Waals surface area contributed by atoms with Gasteiger partial charge in [0.2, 0.25) is 5.91 Å². The summed E-state index contributed by atoms with van der Waals surface area (Å²) in [7, 11) is 0. The molecule has 2 rings (SSSR count). The Hall–Kier alpha value is -0.570. The molecule has 2 aliphatic carbocycles. The highest BCUT2D eigenvalue weighted by molar-refractivity contribution is 5.79. The third-order valence-corrected chi connectivity index (χ3v) is 5.64. The fraction of sp³-hybridized carbons (Fsp3) is 0.941. The maximum atomic E-state index is 12.5. The van der Waals surface area contributed by atoms with Crippen molar-refractivity contribution < 1.29 is 4.79 Å². The largest absolute Gasteiger partial charge is 0.353 e. The molecule has 3 N–H and O–H groups in total. The van der Waals surface area contributed by atoms with Gasteiger partial charge in [0.25, 0.3) is 0 Å².